The third-order valence-corrected chi connectivity index (χ3v) is 3.32. The number of hydrogen-bond acceptors (Lipinski definition) is 4. The van der Waals surface area contributed by atoms with Crippen LogP contribution in [0.2, 0.25) is 0 Å². The van der Waals surface area contributed by atoms with Crippen LogP contribution in [0.4, 0.5) is 10.5 Å². The van der Waals surface area contributed by atoms with Gasteiger partial charge in [0.15, 0.2) is 0 Å². The molecule has 0 N–H and O–H groups in total. The Morgan fingerprint density at radius 3 is 2.60 bits per heavy atom. The van der Waals surface area contributed by atoms with Crippen LogP contribution in [0.5, 0.6) is 0 Å². The fourth-order valence-electron chi connectivity index (χ4n) is 2.28. The molecule has 1 heterocycles. The van der Waals surface area contributed by atoms with Gasteiger partial charge in [-0.2, -0.15) is 0 Å². The van der Waals surface area contributed by atoms with Gasteiger partial charge in [-0.15, -0.1) is 0 Å². The second kappa shape index (κ2) is 5.11. The van der Waals surface area contributed by atoms with Gasteiger partial charge in [0.2, 0.25) is 0 Å². The summed E-state index contributed by atoms with van der Waals surface area (Å²) in [7, 11) is 0. The van der Waals surface area contributed by atoms with Crippen LogP contribution in [0.3, 0.4) is 0 Å². The summed E-state index contributed by atoms with van der Waals surface area (Å²) >= 11 is 0. The molecule has 1 fully saturated rings. The Labute approximate surface area is 117 Å². The fourth-order valence-corrected chi connectivity index (χ4v) is 2.28. The third kappa shape index (κ3) is 2.89. The van der Waals surface area contributed by atoms with Crippen molar-refractivity contribution in [3.8, 4) is 0 Å². The number of carbonyl (C=O) groups is 1. The van der Waals surface area contributed by atoms with Gasteiger partial charge in [0.1, 0.15) is 6.10 Å². The highest BCUT2D eigenvalue weighted by Crippen LogP contribution is 2.26. The highest BCUT2D eigenvalue weighted by Gasteiger charge is 2.38. The number of cyclic esters (lactones) is 1. The Morgan fingerprint density at radius 2 is 2.05 bits per heavy atom. The molecule has 20 heavy (non-hydrogen) atoms. The lowest BCUT2D eigenvalue weighted by atomic mass is 10.0. The predicted octanol–water partition coefficient (Wildman–Crippen LogP) is 2.76. The van der Waals surface area contributed by atoms with Gasteiger partial charge in [-0.05, 0) is 20.8 Å². The summed E-state index contributed by atoms with van der Waals surface area (Å²) < 4.78 is 5.30. The third-order valence-electron chi connectivity index (χ3n) is 3.32. The van der Waals surface area contributed by atoms with E-state index in [-0.39, 0.29) is 23.4 Å². The number of benzene rings is 1. The SMILES string of the molecule is CC(C)(C)N1CC(Cc2ccccc2[N+](=O)[O-])OC1=O. The topological polar surface area (TPSA) is 72.7 Å². The Bertz CT molecular complexity index is 536. The zero-order chi connectivity index (χ0) is 14.9. The quantitative estimate of drug-likeness (QED) is 0.629. The van der Waals surface area contributed by atoms with Gasteiger partial charge in [-0.1, -0.05) is 18.2 Å². The van der Waals surface area contributed by atoms with Gasteiger partial charge >= 0.3 is 6.09 Å². The van der Waals surface area contributed by atoms with E-state index in [9.17, 15) is 14.9 Å². The first-order valence-corrected chi connectivity index (χ1v) is 6.49. The maximum absolute atomic E-state index is 11.8. The summed E-state index contributed by atoms with van der Waals surface area (Å²) in [5, 5.41) is 11.0. The Kier molecular flexibility index (Phi) is 3.65. The van der Waals surface area contributed by atoms with Crippen molar-refractivity contribution in [2.45, 2.75) is 38.8 Å². The van der Waals surface area contributed by atoms with Crippen LogP contribution in [0, 0.1) is 10.1 Å². The van der Waals surface area contributed by atoms with Crippen molar-refractivity contribution < 1.29 is 14.5 Å². The average molecular weight is 278 g/mol. The molecule has 1 unspecified atom stereocenters. The van der Waals surface area contributed by atoms with Gasteiger partial charge in [0.25, 0.3) is 5.69 Å². The van der Waals surface area contributed by atoms with Crippen molar-refractivity contribution in [2.24, 2.45) is 0 Å². The number of rotatable bonds is 3. The van der Waals surface area contributed by atoms with Crippen LogP contribution in [-0.4, -0.2) is 34.1 Å². The number of para-hydroxylation sites is 1. The first kappa shape index (κ1) is 14.3. The van der Waals surface area contributed by atoms with Crippen molar-refractivity contribution in [3.05, 3.63) is 39.9 Å². The molecule has 0 bridgehead atoms. The molecule has 1 saturated heterocycles. The number of nitrogens with zero attached hydrogens (tertiary/aromatic N) is 2. The summed E-state index contributed by atoms with van der Waals surface area (Å²) in [6.45, 7) is 6.25. The Balaban J connectivity index is 2.13. The van der Waals surface area contributed by atoms with Gasteiger partial charge in [0, 0.05) is 23.6 Å². The van der Waals surface area contributed by atoms with Crippen molar-refractivity contribution in [3.63, 3.8) is 0 Å². The number of carbonyl (C=O) groups excluding carboxylic acids is 1. The first-order valence-electron chi connectivity index (χ1n) is 6.49. The molecule has 108 valence electrons. The molecule has 2 rings (SSSR count). The molecule has 1 aromatic rings. The lowest BCUT2D eigenvalue weighted by molar-refractivity contribution is -0.385. The molecule has 6 nitrogen and oxygen atoms in total. The molecule has 1 amide bonds. The van der Waals surface area contributed by atoms with Crippen molar-refractivity contribution in [1.29, 1.82) is 0 Å². The molecule has 0 radical (unpaired) electrons. The molecule has 0 saturated carbocycles. The standard InChI is InChI=1S/C14H18N2O4/c1-14(2,3)15-9-11(20-13(15)17)8-10-6-4-5-7-12(10)16(18)19/h4-7,11H,8-9H2,1-3H3. The molecule has 1 aliphatic rings. The molecular weight excluding hydrogens is 260 g/mol. The summed E-state index contributed by atoms with van der Waals surface area (Å²) in [6, 6.07) is 6.55. The van der Waals surface area contributed by atoms with E-state index < -0.39 is 4.92 Å². The largest absolute Gasteiger partial charge is 0.444 e. The van der Waals surface area contributed by atoms with Crippen LogP contribution in [0.25, 0.3) is 0 Å². The Hall–Kier alpha value is -2.11. The summed E-state index contributed by atoms with van der Waals surface area (Å²) in [5.41, 5.74) is 0.345. The van der Waals surface area contributed by atoms with E-state index in [2.05, 4.69) is 0 Å². The lowest BCUT2D eigenvalue weighted by Crippen LogP contribution is -2.42. The van der Waals surface area contributed by atoms with E-state index in [4.69, 9.17) is 4.74 Å². The van der Waals surface area contributed by atoms with Crippen molar-refractivity contribution in [2.75, 3.05) is 6.54 Å². The predicted molar refractivity (Wildman–Crippen MR) is 73.5 cm³/mol. The van der Waals surface area contributed by atoms with Crippen molar-refractivity contribution >= 4 is 11.8 Å². The maximum Gasteiger partial charge on any atom is 0.410 e. The normalized spacial score (nSPS) is 19.1. The van der Waals surface area contributed by atoms with Crippen LogP contribution >= 0.6 is 0 Å². The lowest BCUT2D eigenvalue weighted by Gasteiger charge is -2.29. The molecule has 0 aromatic heterocycles. The van der Waals surface area contributed by atoms with Crippen LogP contribution in [-0.2, 0) is 11.2 Å². The van der Waals surface area contributed by atoms with Crippen LogP contribution in [0.15, 0.2) is 24.3 Å². The van der Waals surface area contributed by atoms with E-state index >= 15 is 0 Å². The minimum absolute atomic E-state index is 0.0674. The van der Waals surface area contributed by atoms with E-state index in [0.29, 0.717) is 18.5 Å². The van der Waals surface area contributed by atoms with Gasteiger partial charge in [-0.3, -0.25) is 15.0 Å². The highest BCUT2D eigenvalue weighted by atomic mass is 16.6. The molecule has 0 aliphatic carbocycles. The zero-order valence-electron chi connectivity index (χ0n) is 11.8. The number of nitro benzene ring substituents is 1. The van der Waals surface area contributed by atoms with Gasteiger partial charge < -0.3 is 4.74 Å². The van der Waals surface area contributed by atoms with E-state index in [1.165, 1.54) is 6.07 Å². The van der Waals surface area contributed by atoms with Crippen LogP contribution in [0.1, 0.15) is 26.3 Å². The van der Waals surface area contributed by atoms with Gasteiger partial charge in [0.05, 0.1) is 11.5 Å². The highest BCUT2D eigenvalue weighted by molar-refractivity contribution is 5.71. The van der Waals surface area contributed by atoms with Crippen LogP contribution < -0.4 is 0 Å². The minimum Gasteiger partial charge on any atom is -0.444 e. The summed E-state index contributed by atoms with van der Waals surface area (Å²) in [6.07, 6.45) is -0.348. The van der Waals surface area contributed by atoms with Gasteiger partial charge in [-0.25, -0.2) is 4.79 Å². The number of amides is 1. The number of nitro groups is 1. The molecule has 1 aliphatic heterocycles. The summed E-state index contributed by atoms with van der Waals surface area (Å²) in [5.74, 6) is 0. The fraction of sp³-hybridized carbons (Fsp3) is 0.500. The smallest absolute Gasteiger partial charge is 0.410 e. The minimum atomic E-state index is -0.409. The second-order valence-corrected chi connectivity index (χ2v) is 5.88. The maximum atomic E-state index is 11.8. The second-order valence-electron chi connectivity index (χ2n) is 5.88. The number of ether oxygens (including phenoxy) is 1. The molecule has 1 aromatic carbocycles. The van der Waals surface area contributed by atoms with Crippen molar-refractivity contribution in [1.82, 2.24) is 4.90 Å². The monoisotopic (exact) mass is 278 g/mol. The Morgan fingerprint density at radius 1 is 1.40 bits per heavy atom. The number of hydrogen-bond donors (Lipinski definition) is 0. The molecule has 6 heteroatoms. The average Bonchev–Trinajstić information content (AvgIpc) is 2.70. The first-order chi connectivity index (χ1) is 9.29. The zero-order valence-corrected chi connectivity index (χ0v) is 11.8. The molecule has 0 spiro atoms. The molecular formula is C14H18N2O4. The van der Waals surface area contributed by atoms with E-state index in [1.807, 2.05) is 20.8 Å². The van der Waals surface area contributed by atoms with E-state index in [1.54, 1.807) is 23.1 Å². The van der Waals surface area contributed by atoms with E-state index in [0.717, 1.165) is 0 Å². The summed E-state index contributed by atoms with van der Waals surface area (Å²) in [4.78, 5) is 24.0. The molecule has 1 atom stereocenters.